The first-order valence-electron chi connectivity index (χ1n) is 36.1. The Morgan fingerprint density at radius 3 is 0.977 bits per heavy atom. The molecule has 0 heterocycles. The van der Waals surface area contributed by atoms with E-state index in [9.17, 15) is 19.0 Å². The van der Waals surface area contributed by atoms with E-state index in [1.807, 2.05) is 21.1 Å². The number of hydrogen-bond donors (Lipinski definition) is 1. The van der Waals surface area contributed by atoms with Gasteiger partial charge in [-0.05, 0) is 83.5 Å². The van der Waals surface area contributed by atoms with Gasteiger partial charge in [0.2, 0.25) is 0 Å². The lowest BCUT2D eigenvalue weighted by atomic mass is 10.0. The molecule has 0 radical (unpaired) electrons. The van der Waals surface area contributed by atoms with Crippen LogP contribution in [0.2, 0.25) is 0 Å². The first-order chi connectivity index (χ1) is 42.5. The molecular formula is C77H137NO8P+. The van der Waals surface area contributed by atoms with Crippen molar-refractivity contribution in [2.75, 3.05) is 47.5 Å². The van der Waals surface area contributed by atoms with Crippen LogP contribution >= 0.6 is 7.82 Å². The van der Waals surface area contributed by atoms with E-state index in [0.717, 1.165) is 103 Å². The second-order valence-electron chi connectivity index (χ2n) is 25.3. The van der Waals surface area contributed by atoms with Gasteiger partial charge in [0.05, 0.1) is 27.7 Å². The number of likely N-dealkylation sites (N-methyl/N-ethyl adjacent to an activating group) is 1. The molecule has 0 spiro atoms. The predicted octanol–water partition coefficient (Wildman–Crippen LogP) is 23.7. The lowest BCUT2D eigenvalue weighted by Gasteiger charge is -2.24. The second-order valence-corrected chi connectivity index (χ2v) is 26.7. The van der Waals surface area contributed by atoms with Crippen molar-refractivity contribution in [2.45, 2.75) is 322 Å². The number of carbonyl (C=O) groups is 2. The van der Waals surface area contributed by atoms with Gasteiger partial charge in [0.25, 0.3) is 0 Å². The Hall–Kier alpha value is -3.33. The Morgan fingerprint density at radius 2 is 0.655 bits per heavy atom. The van der Waals surface area contributed by atoms with Crippen molar-refractivity contribution >= 4 is 19.8 Å². The van der Waals surface area contributed by atoms with Gasteiger partial charge in [0.1, 0.15) is 19.8 Å². The lowest BCUT2D eigenvalue weighted by Crippen LogP contribution is -2.37. The maximum atomic E-state index is 12.9. The van der Waals surface area contributed by atoms with Gasteiger partial charge in [-0.25, -0.2) is 4.57 Å². The molecule has 0 aliphatic carbocycles. The van der Waals surface area contributed by atoms with E-state index in [1.54, 1.807) is 0 Å². The van der Waals surface area contributed by atoms with E-state index in [4.69, 9.17) is 18.5 Å². The molecule has 502 valence electrons. The molecule has 0 aromatic carbocycles. The molecule has 0 fully saturated rings. The molecule has 0 saturated carbocycles. The van der Waals surface area contributed by atoms with Crippen LogP contribution in [0.25, 0.3) is 0 Å². The number of phosphoric ester groups is 1. The molecule has 0 aliphatic heterocycles. The van der Waals surface area contributed by atoms with Crippen LogP contribution in [0.1, 0.15) is 316 Å². The van der Waals surface area contributed by atoms with E-state index in [2.05, 4.69) is 123 Å². The van der Waals surface area contributed by atoms with Crippen LogP contribution in [0.3, 0.4) is 0 Å². The summed E-state index contributed by atoms with van der Waals surface area (Å²) in [6.07, 6.45) is 94.8. The van der Waals surface area contributed by atoms with Gasteiger partial charge >= 0.3 is 19.8 Å². The third-order valence-corrected chi connectivity index (χ3v) is 16.6. The summed E-state index contributed by atoms with van der Waals surface area (Å²) in [7, 11) is 1.47. The van der Waals surface area contributed by atoms with Crippen LogP contribution in [-0.4, -0.2) is 74.9 Å². The van der Waals surface area contributed by atoms with Crippen molar-refractivity contribution in [2.24, 2.45) is 0 Å². The monoisotopic (exact) mass is 1240 g/mol. The van der Waals surface area contributed by atoms with E-state index in [0.29, 0.717) is 17.4 Å². The van der Waals surface area contributed by atoms with Gasteiger partial charge in [0, 0.05) is 12.8 Å². The lowest BCUT2D eigenvalue weighted by molar-refractivity contribution is -0.870. The van der Waals surface area contributed by atoms with Crippen molar-refractivity contribution in [1.29, 1.82) is 0 Å². The Bertz CT molecular complexity index is 1840. The molecule has 0 aromatic heterocycles. The first-order valence-corrected chi connectivity index (χ1v) is 37.6. The summed E-state index contributed by atoms with van der Waals surface area (Å²) in [4.78, 5) is 35.9. The molecule has 0 amide bonds. The largest absolute Gasteiger partial charge is 0.472 e. The van der Waals surface area contributed by atoms with Gasteiger partial charge in [-0.15, -0.1) is 0 Å². The van der Waals surface area contributed by atoms with Gasteiger partial charge < -0.3 is 18.9 Å². The van der Waals surface area contributed by atoms with Crippen LogP contribution in [0.5, 0.6) is 0 Å². The molecular weight excluding hydrogens is 1100 g/mol. The van der Waals surface area contributed by atoms with Crippen molar-refractivity contribution in [3.8, 4) is 0 Å². The number of ether oxygens (including phenoxy) is 2. The molecule has 2 atom stereocenters. The van der Waals surface area contributed by atoms with Crippen molar-refractivity contribution in [1.82, 2.24) is 0 Å². The van der Waals surface area contributed by atoms with E-state index >= 15 is 0 Å². The smallest absolute Gasteiger partial charge is 0.462 e. The maximum absolute atomic E-state index is 12.9. The Kier molecular flexibility index (Phi) is 64.5. The van der Waals surface area contributed by atoms with Crippen LogP contribution in [0.15, 0.2) is 109 Å². The van der Waals surface area contributed by atoms with Crippen LogP contribution in [0.4, 0.5) is 0 Å². The highest BCUT2D eigenvalue weighted by Crippen LogP contribution is 2.43. The molecule has 9 nitrogen and oxygen atoms in total. The molecule has 0 aliphatic rings. The Balaban J connectivity index is 4.08. The number of allylic oxidation sites excluding steroid dienone is 18. The number of unbranched alkanes of at least 4 members (excludes halogenated alkanes) is 34. The van der Waals surface area contributed by atoms with E-state index < -0.39 is 26.5 Å². The highest BCUT2D eigenvalue weighted by molar-refractivity contribution is 7.47. The number of phosphoric acid groups is 1. The van der Waals surface area contributed by atoms with Crippen molar-refractivity contribution in [3.05, 3.63) is 109 Å². The highest BCUT2D eigenvalue weighted by atomic mass is 31.2. The van der Waals surface area contributed by atoms with Gasteiger partial charge in [-0.1, -0.05) is 329 Å². The number of carbonyl (C=O) groups excluding carboxylic acids is 2. The third-order valence-electron chi connectivity index (χ3n) is 15.6. The van der Waals surface area contributed by atoms with Gasteiger partial charge in [-0.2, -0.15) is 0 Å². The minimum Gasteiger partial charge on any atom is -0.462 e. The summed E-state index contributed by atoms with van der Waals surface area (Å²) in [5, 5.41) is 0. The molecule has 10 heteroatoms. The average molecular weight is 1240 g/mol. The number of quaternary nitrogens is 1. The molecule has 0 rings (SSSR count). The van der Waals surface area contributed by atoms with Crippen molar-refractivity contribution < 1.29 is 42.1 Å². The van der Waals surface area contributed by atoms with E-state index in [-0.39, 0.29) is 32.0 Å². The SMILES string of the molecule is CC/C=C\C/C=C\C/C=C\C/C=C\C/C=C\C/C=C\C/C=C\C/C=C\C/C=C\CCCCCCCCCCCC(=O)OC(COC(=O)CCCCCCCCCCCCCCCCCCCCCCCCCCCC)COP(=O)(O)OCC[N+](C)(C)C. The summed E-state index contributed by atoms with van der Waals surface area (Å²) in [6, 6.07) is 0. The standard InChI is InChI=1S/C77H136NO8P/c1-6-8-10-12-14-16-18-20-22-24-26-28-30-32-34-35-36-37-38-39-40-41-42-43-44-46-48-50-52-54-56-58-60-62-64-66-68-70-77(80)86-75(74-85-87(81,82)84-72-71-78(3,4)5)73-83-76(79)69-67-65-63-61-59-57-55-53-51-49-47-45-33-31-29-27-25-23-21-19-17-15-13-11-9-7-2/h8,10,14,16,20,22,26,28,32,34,36-37,39-40,42-43,46,48,75H,6-7,9,11-13,15,17-19,21,23-25,27,29-31,33,35,38,41,44-45,47,49-74H2,1-5H3/p+1/b10-8-,16-14-,22-20-,28-26-,34-32-,37-36-,40-39-,43-42-,48-46-. The zero-order chi connectivity index (χ0) is 63.4. The fourth-order valence-corrected chi connectivity index (χ4v) is 10.8. The molecule has 0 saturated heterocycles. The third kappa shape index (κ3) is 71.6. The Morgan fingerprint density at radius 1 is 0.368 bits per heavy atom. The second kappa shape index (κ2) is 67.1. The first kappa shape index (κ1) is 83.7. The summed E-state index contributed by atoms with van der Waals surface area (Å²) in [5.41, 5.74) is 0. The molecule has 0 bridgehead atoms. The van der Waals surface area contributed by atoms with Crippen molar-refractivity contribution in [3.63, 3.8) is 0 Å². The minimum absolute atomic E-state index is 0.0275. The zero-order valence-electron chi connectivity index (χ0n) is 57.2. The fourth-order valence-electron chi connectivity index (χ4n) is 10.1. The highest BCUT2D eigenvalue weighted by Gasteiger charge is 2.27. The number of esters is 2. The van der Waals surface area contributed by atoms with Crippen LogP contribution in [-0.2, 0) is 32.7 Å². The fraction of sp³-hybridized carbons (Fsp3) is 0.740. The molecule has 87 heavy (non-hydrogen) atoms. The van der Waals surface area contributed by atoms with Crippen LogP contribution in [0, 0.1) is 0 Å². The maximum Gasteiger partial charge on any atom is 0.472 e. The summed E-state index contributed by atoms with van der Waals surface area (Å²) in [5.74, 6) is -0.796. The van der Waals surface area contributed by atoms with Crippen LogP contribution < -0.4 is 0 Å². The summed E-state index contributed by atoms with van der Waals surface area (Å²) in [6.45, 7) is 4.35. The van der Waals surface area contributed by atoms with Gasteiger partial charge in [0.15, 0.2) is 6.10 Å². The predicted molar refractivity (Wildman–Crippen MR) is 376 cm³/mol. The molecule has 0 aromatic rings. The summed E-state index contributed by atoms with van der Waals surface area (Å²) >= 11 is 0. The Labute approximate surface area is 537 Å². The summed E-state index contributed by atoms with van der Waals surface area (Å²) < 4.78 is 34.7. The normalized spacial score (nSPS) is 13.8. The average Bonchev–Trinajstić information content (AvgIpc) is 3.56. The number of hydrogen-bond acceptors (Lipinski definition) is 7. The quantitative estimate of drug-likeness (QED) is 0.0211. The van der Waals surface area contributed by atoms with E-state index in [1.165, 1.54) is 180 Å². The topological polar surface area (TPSA) is 108 Å². The molecule has 1 N–H and O–H groups in total. The van der Waals surface area contributed by atoms with Gasteiger partial charge in [-0.3, -0.25) is 18.6 Å². The number of nitrogens with zero attached hydrogens (tertiary/aromatic N) is 1. The minimum atomic E-state index is -4.40. The zero-order valence-corrected chi connectivity index (χ0v) is 58.1. The number of rotatable bonds is 66. The molecule has 2 unspecified atom stereocenters.